The van der Waals surface area contributed by atoms with E-state index in [2.05, 4.69) is 0 Å². The van der Waals surface area contributed by atoms with E-state index in [1.54, 1.807) is 19.1 Å². The number of ether oxygens (including phenoxy) is 2. The van der Waals surface area contributed by atoms with E-state index >= 15 is 0 Å². The maximum Gasteiger partial charge on any atom is 0.162 e. The number of hydrogen-bond acceptors (Lipinski definition) is 3. The Balaban J connectivity index is 1.94. The summed E-state index contributed by atoms with van der Waals surface area (Å²) >= 11 is 6.18. The molecule has 0 bridgehead atoms. The van der Waals surface area contributed by atoms with Crippen molar-refractivity contribution >= 4 is 22.4 Å². The molecule has 122 valence electrons. The van der Waals surface area contributed by atoms with Crippen LogP contribution in [0, 0.1) is 11.6 Å². The van der Waals surface area contributed by atoms with Crippen molar-refractivity contribution in [3.63, 3.8) is 0 Å². The van der Waals surface area contributed by atoms with Crippen molar-refractivity contribution in [2.24, 2.45) is 0 Å². The second-order valence-electron chi connectivity index (χ2n) is 5.04. The molecule has 2 atom stereocenters. The van der Waals surface area contributed by atoms with Crippen molar-refractivity contribution in [1.82, 2.24) is 0 Å². The van der Waals surface area contributed by atoms with Crippen molar-refractivity contribution in [3.8, 4) is 11.5 Å². The summed E-state index contributed by atoms with van der Waals surface area (Å²) < 4.78 is 50.0. The molecule has 0 saturated carbocycles. The summed E-state index contributed by atoms with van der Waals surface area (Å²) in [5, 5.41) is -0.285. The van der Waals surface area contributed by atoms with E-state index in [-0.39, 0.29) is 5.02 Å². The Bertz CT molecular complexity index is 782. The van der Waals surface area contributed by atoms with Crippen LogP contribution in [-0.2, 0) is 10.8 Å². The quantitative estimate of drug-likeness (QED) is 0.822. The second-order valence-corrected chi connectivity index (χ2v) is 7.19. The van der Waals surface area contributed by atoms with Crippen LogP contribution >= 0.6 is 11.6 Å². The summed E-state index contributed by atoms with van der Waals surface area (Å²) in [5.41, 5.74) is 0.424. The molecule has 3 nitrogen and oxygen atoms in total. The monoisotopic (exact) mass is 358 g/mol. The van der Waals surface area contributed by atoms with Gasteiger partial charge in [-0.2, -0.15) is 0 Å². The topological polar surface area (TPSA) is 35.5 Å². The molecule has 0 unspecified atom stereocenters. The summed E-state index contributed by atoms with van der Waals surface area (Å²) in [4.78, 5) is 0.369. The Morgan fingerprint density at radius 3 is 2.39 bits per heavy atom. The average molecular weight is 359 g/mol. The first-order chi connectivity index (χ1) is 11.0. The molecule has 7 heteroatoms. The van der Waals surface area contributed by atoms with Gasteiger partial charge in [0.1, 0.15) is 13.2 Å². The number of fused-ring (bicyclic) bond motifs is 1. The molecule has 0 aliphatic carbocycles. The smallest absolute Gasteiger partial charge is 0.162 e. The van der Waals surface area contributed by atoms with E-state index in [1.165, 1.54) is 6.07 Å². The fourth-order valence-corrected chi connectivity index (χ4v) is 3.91. The van der Waals surface area contributed by atoms with E-state index in [0.717, 1.165) is 12.1 Å². The Hall–Kier alpha value is -1.66. The first kappa shape index (κ1) is 16.2. The third-order valence-corrected chi connectivity index (χ3v) is 5.66. The lowest BCUT2D eigenvalue weighted by molar-refractivity contribution is 0.171. The molecule has 0 N–H and O–H groups in total. The van der Waals surface area contributed by atoms with Gasteiger partial charge in [-0.25, -0.2) is 8.78 Å². The average Bonchev–Trinajstić information content (AvgIpc) is 2.55. The molecule has 0 fully saturated rings. The first-order valence-corrected chi connectivity index (χ1v) is 8.51. The number of halogens is 3. The van der Waals surface area contributed by atoms with Crippen LogP contribution in [0.3, 0.4) is 0 Å². The van der Waals surface area contributed by atoms with Crippen LogP contribution in [0.5, 0.6) is 11.5 Å². The highest BCUT2D eigenvalue weighted by molar-refractivity contribution is 7.85. The molecule has 23 heavy (non-hydrogen) atoms. The minimum Gasteiger partial charge on any atom is -0.486 e. The molecule has 2 aromatic carbocycles. The van der Waals surface area contributed by atoms with Gasteiger partial charge in [0.2, 0.25) is 0 Å². The van der Waals surface area contributed by atoms with Crippen LogP contribution in [0.4, 0.5) is 8.78 Å². The van der Waals surface area contributed by atoms with Crippen LogP contribution in [0.25, 0.3) is 0 Å². The third-order valence-electron chi connectivity index (χ3n) is 3.55. The SMILES string of the molecule is C[C@@H](c1ccc(F)c(F)c1)[S@@](=O)c1cc2c(cc1Cl)OCCO2. The molecular weight excluding hydrogens is 346 g/mol. The van der Waals surface area contributed by atoms with Crippen LogP contribution in [-0.4, -0.2) is 17.4 Å². The standard InChI is InChI=1S/C16H13ClF2O3S/c1-9(10-2-3-12(18)13(19)6-10)23(20)16-8-15-14(7-11(16)17)21-4-5-22-15/h2-3,6-9H,4-5H2,1H3/t9-,23+/m0/s1. The maximum atomic E-state index is 13.4. The zero-order chi connectivity index (χ0) is 16.6. The first-order valence-electron chi connectivity index (χ1n) is 6.92. The molecule has 3 rings (SSSR count). The fraction of sp³-hybridized carbons (Fsp3) is 0.250. The molecule has 0 amide bonds. The zero-order valence-corrected chi connectivity index (χ0v) is 13.7. The minimum atomic E-state index is -1.56. The molecule has 1 aliphatic rings. The molecule has 0 saturated heterocycles. The molecule has 1 heterocycles. The third kappa shape index (κ3) is 3.19. The lowest BCUT2D eigenvalue weighted by Crippen LogP contribution is -2.16. The van der Waals surface area contributed by atoms with Crippen LogP contribution in [0.1, 0.15) is 17.7 Å². The normalized spacial score (nSPS) is 16.0. The van der Waals surface area contributed by atoms with Gasteiger partial charge in [-0.15, -0.1) is 0 Å². The number of hydrogen-bond donors (Lipinski definition) is 0. The summed E-state index contributed by atoms with van der Waals surface area (Å²) in [6.07, 6.45) is 0. The van der Waals surface area contributed by atoms with Gasteiger partial charge in [-0.05, 0) is 24.6 Å². The van der Waals surface area contributed by atoms with Gasteiger partial charge in [0.05, 0.1) is 26.0 Å². The Labute approximate surface area is 139 Å². The lowest BCUT2D eigenvalue weighted by atomic mass is 10.1. The second kappa shape index (κ2) is 6.45. The van der Waals surface area contributed by atoms with Crippen molar-refractivity contribution in [2.45, 2.75) is 17.1 Å². The van der Waals surface area contributed by atoms with Gasteiger partial charge in [0.25, 0.3) is 0 Å². The highest BCUT2D eigenvalue weighted by Crippen LogP contribution is 2.39. The lowest BCUT2D eigenvalue weighted by Gasteiger charge is -2.20. The molecule has 0 aromatic heterocycles. The minimum absolute atomic E-state index is 0.280. The maximum absolute atomic E-state index is 13.4. The summed E-state index contributed by atoms with van der Waals surface area (Å²) in [6.45, 7) is 2.49. The summed E-state index contributed by atoms with van der Waals surface area (Å²) in [6, 6.07) is 6.60. The summed E-state index contributed by atoms with van der Waals surface area (Å²) in [7, 11) is -1.56. The van der Waals surface area contributed by atoms with Gasteiger partial charge in [-0.3, -0.25) is 4.21 Å². The zero-order valence-electron chi connectivity index (χ0n) is 12.1. The van der Waals surface area contributed by atoms with Crippen molar-refractivity contribution in [1.29, 1.82) is 0 Å². The van der Waals surface area contributed by atoms with Crippen LogP contribution in [0.2, 0.25) is 5.02 Å². The van der Waals surface area contributed by atoms with Gasteiger partial charge < -0.3 is 9.47 Å². The number of benzene rings is 2. The molecular formula is C16H13ClF2O3S. The van der Waals surface area contributed by atoms with Crippen LogP contribution < -0.4 is 9.47 Å². The predicted molar refractivity (Wildman–Crippen MR) is 83.6 cm³/mol. The van der Waals surface area contributed by atoms with E-state index in [1.807, 2.05) is 0 Å². The Morgan fingerprint density at radius 1 is 1.09 bits per heavy atom. The van der Waals surface area contributed by atoms with Crippen LogP contribution in [0.15, 0.2) is 35.2 Å². The van der Waals surface area contributed by atoms with Crippen molar-refractivity contribution < 1.29 is 22.5 Å². The molecule has 2 aromatic rings. The Kier molecular flexibility index (Phi) is 4.55. The Morgan fingerprint density at radius 2 is 1.74 bits per heavy atom. The largest absolute Gasteiger partial charge is 0.486 e. The molecule has 0 radical (unpaired) electrons. The van der Waals surface area contributed by atoms with E-state index < -0.39 is 27.7 Å². The summed E-state index contributed by atoms with van der Waals surface area (Å²) in [5.74, 6) is -0.937. The van der Waals surface area contributed by atoms with E-state index in [4.69, 9.17) is 21.1 Å². The van der Waals surface area contributed by atoms with Crippen molar-refractivity contribution in [2.75, 3.05) is 13.2 Å². The molecule has 1 aliphatic heterocycles. The predicted octanol–water partition coefficient (Wildman–Crippen LogP) is 4.26. The van der Waals surface area contributed by atoms with Gasteiger partial charge in [-0.1, -0.05) is 17.7 Å². The van der Waals surface area contributed by atoms with Gasteiger partial charge in [0.15, 0.2) is 23.1 Å². The highest BCUT2D eigenvalue weighted by Gasteiger charge is 2.23. The number of rotatable bonds is 3. The van der Waals surface area contributed by atoms with E-state index in [0.29, 0.717) is 35.2 Å². The van der Waals surface area contributed by atoms with Crippen molar-refractivity contribution in [3.05, 3.63) is 52.6 Å². The van der Waals surface area contributed by atoms with Gasteiger partial charge >= 0.3 is 0 Å². The van der Waals surface area contributed by atoms with E-state index in [9.17, 15) is 13.0 Å². The fourth-order valence-electron chi connectivity index (χ4n) is 2.28. The molecule has 0 spiro atoms. The van der Waals surface area contributed by atoms with Gasteiger partial charge in [0, 0.05) is 12.1 Å². The highest BCUT2D eigenvalue weighted by atomic mass is 35.5.